The maximum Gasteiger partial charge on any atom is 0.416 e. The Labute approximate surface area is 93.7 Å². The topological polar surface area (TPSA) is 93.0 Å². The molecule has 0 saturated carbocycles. The summed E-state index contributed by atoms with van der Waals surface area (Å²) in [5, 5.41) is 17.6. The highest BCUT2D eigenvalue weighted by molar-refractivity contribution is 5.80. The number of nitrogens with zero attached hydrogens (tertiary/aromatic N) is 1. The summed E-state index contributed by atoms with van der Waals surface area (Å²) in [6.45, 7) is 0. The monoisotopic (exact) mass is 247 g/mol. The second-order valence-corrected chi connectivity index (χ2v) is 3.30. The quantitative estimate of drug-likeness (QED) is 0.370. The number of nitro benzene ring substituents is 1. The molecule has 0 amide bonds. The van der Waals surface area contributed by atoms with Gasteiger partial charge in [0.25, 0.3) is 5.69 Å². The van der Waals surface area contributed by atoms with Crippen LogP contribution in [0.4, 0.5) is 18.9 Å². The van der Waals surface area contributed by atoms with Crippen molar-refractivity contribution in [3.63, 3.8) is 0 Å². The molecule has 92 valence electrons. The van der Waals surface area contributed by atoms with Crippen LogP contribution in [0.25, 0.3) is 0 Å². The van der Waals surface area contributed by atoms with Crippen LogP contribution in [0.15, 0.2) is 18.2 Å². The van der Waals surface area contributed by atoms with Crippen LogP contribution in [0.2, 0.25) is 0 Å². The van der Waals surface area contributed by atoms with Gasteiger partial charge >= 0.3 is 6.18 Å². The van der Waals surface area contributed by atoms with E-state index < -0.39 is 22.4 Å². The molecule has 1 rings (SSSR count). The first-order valence-electron chi connectivity index (χ1n) is 4.39. The van der Waals surface area contributed by atoms with Gasteiger partial charge in [0.2, 0.25) is 0 Å². The Bertz CT molecular complexity index is 471. The molecule has 17 heavy (non-hydrogen) atoms. The smallest absolute Gasteiger partial charge is 0.387 e. The second-order valence-electron chi connectivity index (χ2n) is 3.30. The van der Waals surface area contributed by atoms with Crippen molar-refractivity contribution in [1.29, 1.82) is 5.41 Å². The molecule has 0 bridgehead atoms. The van der Waals surface area contributed by atoms with Crippen LogP contribution in [0, 0.1) is 15.5 Å². The molecule has 1 aromatic rings. The third kappa shape index (κ3) is 3.16. The molecule has 0 aromatic heterocycles. The number of alkyl halides is 3. The van der Waals surface area contributed by atoms with Gasteiger partial charge in [-0.3, -0.25) is 15.5 Å². The highest BCUT2D eigenvalue weighted by Gasteiger charge is 2.32. The normalized spacial score (nSPS) is 11.2. The minimum absolute atomic E-state index is 0.0181. The molecule has 5 nitrogen and oxygen atoms in total. The summed E-state index contributed by atoms with van der Waals surface area (Å²) < 4.78 is 37.0. The maximum absolute atomic E-state index is 12.3. The lowest BCUT2D eigenvalue weighted by Gasteiger charge is -2.08. The summed E-state index contributed by atoms with van der Waals surface area (Å²) >= 11 is 0. The Kier molecular flexibility index (Phi) is 3.35. The summed E-state index contributed by atoms with van der Waals surface area (Å²) in [4.78, 5) is 9.69. The van der Waals surface area contributed by atoms with Crippen LogP contribution in [0.5, 0.6) is 0 Å². The Morgan fingerprint density at radius 3 is 2.47 bits per heavy atom. The van der Waals surface area contributed by atoms with E-state index in [1.807, 2.05) is 0 Å². The highest BCUT2D eigenvalue weighted by Crippen LogP contribution is 2.33. The molecule has 0 spiro atoms. The van der Waals surface area contributed by atoms with Crippen molar-refractivity contribution >= 4 is 11.5 Å². The molecule has 0 radical (unpaired) electrons. The van der Waals surface area contributed by atoms with Gasteiger partial charge in [-0.2, -0.15) is 13.2 Å². The van der Waals surface area contributed by atoms with Gasteiger partial charge in [-0.05, 0) is 6.07 Å². The maximum atomic E-state index is 12.3. The molecular weight excluding hydrogens is 239 g/mol. The second kappa shape index (κ2) is 4.40. The van der Waals surface area contributed by atoms with Gasteiger partial charge in [0, 0.05) is 18.1 Å². The van der Waals surface area contributed by atoms with E-state index in [-0.39, 0.29) is 17.8 Å². The summed E-state index contributed by atoms with van der Waals surface area (Å²) in [7, 11) is 0. The third-order valence-corrected chi connectivity index (χ3v) is 1.99. The van der Waals surface area contributed by atoms with E-state index >= 15 is 0 Å². The highest BCUT2D eigenvalue weighted by atomic mass is 19.4. The lowest BCUT2D eigenvalue weighted by atomic mass is 10.1. The van der Waals surface area contributed by atoms with Gasteiger partial charge in [0.15, 0.2) is 0 Å². The van der Waals surface area contributed by atoms with Gasteiger partial charge in [0.05, 0.1) is 16.3 Å². The van der Waals surface area contributed by atoms with E-state index in [1.165, 1.54) is 0 Å². The zero-order valence-electron chi connectivity index (χ0n) is 8.41. The number of amidine groups is 1. The Balaban J connectivity index is 3.27. The number of hydrogen-bond donors (Lipinski definition) is 2. The largest absolute Gasteiger partial charge is 0.416 e. The lowest BCUT2D eigenvalue weighted by Crippen LogP contribution is -2.14. The van der Waals surface area contributed by atoms with E-state index in [9.17, 15) is 23.3 Å². The summed E-state index contributed by atoms with van der Waals surface area (Å²) in [6, 6.07) is 2.13. The first-order valence-corrected chi connectivity index (χ1v) is 4.39. The number of nitro groups is 1. The van der Waals surface area contributed by atoms with Gasteiger partial charge in [0.1, 0.15) is 0 Å². The van der Waals surface area contributed by atoms with Crippen LogP contribution in [-0.4, -0.2) is 10.8 Å². The fraction of sp³-hybridized carbons (Fsp3) is 0.222. The molecule has 0 fully saturated rings. The minimum atomic E-state index is -4.64. The predicted molar refractivity (Wildman–Crippen MR) is 53.7 cm³/mol. The van der Waals surface area contributed by atoms with E-state index in [4.69, 9.17) is 11.1 Å². The van der Waals surface area contributed by atoms with Gasteiger partial charge in [-0.15, -0.1) is 0 Å². The molecule has 0 unspecified atom stereocenters. The van der Waals surface area contributed by atoms with Crippen molar-refractivity contribution in [2.24, 2.45) is 5.73 Å². The zero-order chi connectivity index (χ0) is 13.2. The average Bonchev–Trinajstić information content (AvgIpc) is 2.15. The fourth-order valence-electron chi connectivity index (χ4n) is 1.26. The number of halogens is 3. The van der Waals surface area contributed by atoms with Crippen molar-refractivity contribution in [3.05, 3.63) is 39.4 Å². The van der Waals surface area contributed by atoms with Crippen LogP contribution in [0.3, 0.4) is 0 Å². The van der Waals surface area contributed by atoms with E-state index in [0.29, 0.717) is 6.07 Å². The van der Waals surface area contributed by atoms with Crippen LogP contribution >= 0.6 is 0 Å². The molecule has 0 saturated heterocycles. The van der Waals surface area contributed by atoms with E-state index in [0.717, 1.165) is 12.1 Å². The zero-order valence-corrected chi connectivity index (χ0v) is 8.41. The summed E-state index contributed by atoms with van der Waals surface area (Å²) in [5.41, 5.74) is 3.25. The number of hydrogen-bond acceptors (Lipinski definition) is 3. The first-order chi connectivity index (χ1) is 7.71. The number of rotatable bonds is 3. The Morgan fingerprint density at radius 1 is 1.47 bits per heavy atom. The molecule has 0 aliphatic carbocycles. The lowest BCUT2D eigenvalue weighted by molar-refractivity contribution is -0.385. The van der Waals surface area contributed by atoms with Crippen molar-refractivity contribution in [2.45, 2.75) is 12.6 Å². The minimum Gasteiger partial charge on any atom is -0.387 e. The Hall–Kier alpha value is -2.12. The molecule has 3 N–H and O–H groups in total. The SMILES string of the molecule is N=C(N)Cc1ccc(C(F)(F)F)cc1[N+](=O)[O-]. The molecule has 0 aliphatic heterocycles. The molecule has 0 heterocycles. The standard InChI is InChI=1S/C9H8F3N3O2/c10-9(11,12)6-2-1-5(3-8(13)14)7(4-6)15(16)17/h1-2,4H,3H2,(H3,13,14). The van der Waals surface area contributed by atoms with E-state index in [2.05, 4.69) is 0 Å². The van der Waals surface area contributed by atoms with Crippen LogP contribution in [-0.2, 0) is 12.6 Å². The van der Waals surface area contributed by atoms with Crippen molar-refractivity contribution in [2.75, 3.05) is 0 Å². The number of benzene rings is 1. The average molecular weight is 247 g/mol. The molecule has 8 heteroatoms. The van der Waals surface area contributed by atoms with Crippen molar-refractivity contribution in [1.82, 2.24) is 0 Å². The number of nitrogens with one attached hydrogen (secondary N) is 1. The predicted octanol–water partition coefficient (Wildman–Crippen LogP) is 2.09. The molecular formula is C9H8F3N3O2. The van der Waals surface area contributed by atoms with Crippen LogP contribution < -0.4 is 5.73 Å². The third-order valence-electron chi connectivity index (χ3n) is 1.99. The van der Waals surface area contributed by atoms with Crippen molar-refractivity contribution < 1.29 is 18.1 Å². The van der Waals surface area contributed by atoms with Crippen LogP contribution in [0.1, 0.15) is 11.1 Å². The molecule has 1 aromatic carbocycles. The number of nitrogens with two attached hydrogens (primary N) is 1. The van der Waals surface area contributed by atoms with Gasteiger partial charge in [-0.1, -0.05) is 6.07 Å². The summed E-state index contributed by atoms with van der Waals surface area (Å²) in [5.74, 6) is -0.354. The van der Waals surface area contributed by atoms with Gasteiger partial charge in [-0.25, -0.2) is 0 Å². The van der Waals surface area contributed by atoms with Gasteiger partial charge < -0.3 is 5.73 Å². The summed E-state index contributed by atoms with van der Waals surface area (Å²) in [6.07, 6.45) is -4.89. The first kappa shape index (κ1) is 12.9. The van der Waals surface area contributed by atoms with Crippen molar-refractivity contribution in [3.8, 4) is 0 Å². The molecule has 0 atom stereocenters. The molecule has 0 aliphatic rings. The Morgan fingerprint density at radius 2 is 2.06 bits per heavy atom. The fourth-order valence-corrected chi connectivity index (χ4v) is 1.26. The van der Waals surface area contributed by atoms with E-state index in [1.54, 1.807) is 0 Å².